The van der Waals surface area contributed by atoms with Gasteiger partial charge in [-0.15, -0.1) is 0 Å². The third-order valence-electron chi connectivity index (χ3n) is 5.01. The molecule has 1 saturated heterocycles. The van der Waals surface area contributed by atoms with Gasteiger partial charge in [-0.25, -0.2) is 0 Å². The lowest BCUT2D eigenvalue weighted by Crippen LogP contribution is -2.42. The number of aromatic amines is 1. The lowest BCUT2D eigenvalue weighted by Gasteiger charge is -2.33. The number of nitrogens with one attached hydrogen (secondary N) is 2. The minimum Gasteiger partial charge on any atom is -0.351 e. The van der Waals surface area contributed by atoms with E-state index in [9.17, 15) is 4.79 Å². The quantitative estimate of drug-likeness (QED) is 0.794. The van der Waals surface area contributed by atoms with Gasteiger partial charge in [0.2, 0.25) is 0 Å². The highest BCUT2D eigenvalue weighted by Gasteiger charge is 2.29. The standard InChI is InChI=1S/C18H26N2OSi/c1-12-9-13(2)15-11-17(20-16(15)10-12)18(21)19-14-5-7-22(3,4)8-6-14/h9-11,14,20H,5-8H2,1-4H3,(H,19,21). The van der Waals surface area contributed by atoms with Crippen LogP contribution in [0.15, 0.2) is 18.2 Å². The number of carbonyl (C=O) groups is 1. The van der Waals surface area contributed by atoms with E-state index < -0.39 is 8.07 Å². The predicted octanol–water partition coefficient (Wildman–Crippen LogP) is 4.39. The Bertz CT molecular complexity index is 707. The highest BCUT2D eigenvalue weighted by molar-refractivity contribution is 6.77. The molecule has 3 nitrogen and oxygen atoms in total. The van der Waals surface area contributed by atoms with Crippen LogP contribution in [0.1, 0.15) is 34.5 Å². The van der Waals surface area contributed by atoms with Gasteiger partial charge >= 0.3 is 0 Å². The Balaban J connectivity index is 1.74. The van der Waals surface area contributed by atoms with Gasteiger partial charge in [0, 0.05) is 25.0 Å². The number of rotatable bonds is 2. The summed E-state index contributed by atoms with van der Waals surface area (Å²) in [5.74, 6) is 0.0413. The van der Waals surface area contributed by atoms with Gasteiger partial charge in [-0.3, -0.25) is 4.79 Å². The molecule has 0 saturated carbocycles. The number of amides is 1. The van der Waals surface area contributed by atoms with Crippen LogP contribution in [0.2, 0.25) is 25.2 Å². The Morgan fingerprint density at radius 1 is 1.18 bits per heavy atom. The molecule has 1 aromatic carbocycles. The summed E-state index contributed by atoms with van der Waals surface area (Å²) in [7, 11) is -0.962. The van der Waals surface area contributed by atoms with Crippen LogP contribution in [-0.4, -0.2) is 25.0 Å². The number of hydrogen-bond acceptors (Lipinski definition) is 1. The Kier molecular flexibility index (Phi) is 3.89. The highest BCUT2D eigenvalue weighted by Crippen LogP contribution is 2.28. The summed E-state index contributed by atoms with van der Waals surface area (Å²) in [4.78, 5) is 15.8. The maximum Gasteiger partial charge on any atom is 0.267 e. The Morgan fingerprint density at radius 3 is 2.55 bits per heavy atom. The molecule has 1 aliphatic rings. The molecule has 0 aliphatic carbocycles. The van der Waals surface area contributed by atoms with Gasteiger partial charge in [-0.05, 0) is 49.9 Å². The first-order valence-corrected chi connectivity index (χ1v) is 11.7. The molecule has 0 atom stereocenters. The highest BCUT2D eigenvalue weighted by atomic mass is 28.3. The fourth-order valence-corrected chi connectivity index (χ4v) is 6.04. The SMILES string of the molecule is Cc1cc(C)c2cc(C(=O)NC3CC[Si](C)(C)CC3)[nH]c2c1. The second-order valence-corrected chi connectivity index (χ2v) is 13.0. The molecule has 2 heterocycles. The van der Waals surface area contributed by atoms with E-state index in [2.05, 4.69) is 49.4 Å². The van der Waals surface area contributed by atoms with Gasteiger partial charge in [0.1, 0.15) is 5.69 Å². The van der Waals surface area contributed by atoms with Gasteiger partial charge < -0.3 is 10.3 Å². The fourth-order valence-electron chi connectivity index (χ4n) is 3.53. The van der Waals surface area contributed by atoms with Crippen molar-refractivity contribution < 1.29 is 4.79 Å². The zero-order valence-corrected chi connectivity index (χ0v) is 15.0. The second kappa shape index (κ2) is 5.58. The predicted molar refractivity (Wildman–Crippen MR) is 95.4 cm³/mol. The molecule has 1 amide bonds. The van der Waals surface area contributed by atoms with Gasteiger partial charge in [0.15, 0.2) is 0 Å². The minimum absolute atomic E-state index is 0.0413. The summed E-state index contributed by atoms with van der Waals surface area (Å²) in [6, 6.07) is 9.24. The van der Waals surface area contributed by atoms with Crippen molar-refractivity contribution >= 4 is 24.9 Å². The van der Waals surface area contributed by atoms with Crippen molar-refractivity contribution in [3.05, 3.63) is 35.0 Å². The van der Waals surface area contributed by atoms with Gasteiger partial charge in [-0.2, -0.15) is 0 Å². The maximum absolute atomic E-state index is 12.5. The Morgan fingerprint density at radius 2 is 1.86 bits per heavy atom. The molecule has 2 aromatic rings. The summed E-state index contributed by atoms with van der Waals surface area (Å²) in [6.07, 6.45) is 2.28. The number of aromatic nitrogens is 1. The molecule has 2 N–H and O–H groups in total. The average molecular weight is 315 g/mol. The molecular weight excluding hydrogens is 288 g/mol. The molecule has 0 bridgehead atoms. The maximum atomic E-state index is 12.5. The number of fused-ring (bicyclic) bond motifs is 1. The molecule has 0 spiro atoms. The van der Waals surface area contributed by atoms with Crippen LogP contribution in [0.4, 0.5) is 0 Å². The van der Waals surface area contributed by atoms with Crippen molar-refractivity contribution in [3.63, 3.8) is 0 Å². The van der Waals surface area contributed by atoms with Crippen LogP contribution in [-0.2, 0) is 0 Å². The van der Waals surface area contributed by atoms with E-state index in [1.165, 1.54) is 23.2 Å². The van der Waals surface area contributed by atoms with Crippen molar-refractivity contribution in [2.75, 3.05) is 0 Å². The van der Waals surface area contributed by atoms with Gasteiger partial charge in [-0.1, -0.05) is 31.2 Å². The topological polar surface area (TPSA) is 44.9 Å². The first kappa shape index (κ1) is 15.3. The molecular formula is C18H26N2OSi. The van der Waals surface area contributed by atoms with E-state index >= 15 is 0 Å². The number of hydrogen-bond donors (Lipinski definition) is 2. The van der Waals surface area contributed by atoms with E-state index in [0.29, 0.717) is 11.7 Å². The van der Waals surface area contributed by atoms with E-state index in [1.54, 1.807) is 0 Å². The van der Waals surface area contributed by atoms with Gasteiger partial charge in [0.05, 0.1) is 0 Å². The van der Waals surface area contributed by atoms with Crippen LogP contribution in [0, 0.1) is 13.8 Å². The zero-order valence-electron chi connectivity index (χ0n) is 14.0. The van der Waals surface area contributed by atoms with E-state index in [-0.39, 0.29) is 5.91 Å². The van der Waals surface area contributed by atoms with E-state index in [1.807, 2.05) is 6.07 Å². The second-order valence-electron chi connectivity index (χ2n) is 7.64. The fraction of sp³-hybridized carbons (Fsp3) is 0.500. The van der Waals surface area contributed by atoms with Gasteiger partial charge in [0.25, 0.3) is 5.91 Å². The summed E-state index contributed by atoms with van der Waals surface area (Å²) in [6.45, 7) is 9.08. The average Bonchev–Trinajstić information content (AvgIpc) is 2.85. The molecule has 1 fully saturated rings. The Labute approximate surface area is 133 Å². The van der Waals surface area contributed by atoms with Crippen molar-refractivity contribution in [3.8, 4) is 0 Å². The van der Waals surface area contributed by atoms with Crippen LogP contribution < -0.4 is 5.32 Å². The lowest BCUT2D eigenvalue weighted by molar-refractivity contribution is 0.0929. The number of carbonyl (C=O) groups excluding carboxylic acids is 1. The lowest BCUT2D eigenvalue weighted by atomic mass is 10.1. The van der Waals surface area contributed by atoms with Crippen LogP contribution in [0.3, 0.4) is 0 Å². The smallest absolute Gasteiger partial charge is 0.267 e. The summed E-state index contributed by atoms with van der Waals surface area (Å²) >= 11 is 0. The Hall–Kier alpha value is -1.55. The minimum atomic E-state index is -0.962. The monoisotopic (exact) mass is 314 g/mol. The molecule has 0 unspecified atom stereocenters. The number of benzene rings is 1. The molecule has 1 aromatic heterocycles. The van der Waals surface area contributed by atoms with E-state index in [4.69, 9.17) is 0 Å². The van der Waals surface area contributed by atoms with Crippen molar-refractivity contribution in [2.24, 2.45) is 0 Å². The molecule has 3 rings (SSSR count). The third-order valence-corrected chi connectivity index (χ3v) is 8.29. The molecule has 22 heavy (non-hydrogen) atoms. The summed E-state index contributed by atoms with van der Waals surface area (Å²) < 4.78 is 0. The van der Waals surface area contributed by atoms with Crippen molar-refractivity contribution in [2.45, 2.75) is 57.9 Å². The van der Waals surface area contributed by atoms with Crippen LogP contribution in [0.5, 0.6) is 0 Å². The first-order chi connectivity index (χ1) is 10.3. The first-order valence-electron chi connectivity index (χ1n) is 8.25. The summed E-state index contributed by atoms with van der Waals surface area (Å²) in [5.41, 5.74) is 4.18. The van der Waals surface area contributed by atoms with Crippen LogP contribution in [0.25, 0.3) is 10.9 Å². The summed E-state index contributed by atoms with van der Waals surface area (Å²) in [5, 5.41) is 4.37. The number of H-pyrrole nitrogens is 1. The molecule has 1 aliphatic heterocycles. The molecule has 4 heteroatoms. The third kappa shape index (κ3) is 3.12. The number of aryl methyl sites for hydroxylation is 2. The zero-order chi connectivity index (χ0) is 15.9. The molecule has 118 valence electrons. The van der Waals surface area contributed by atoms with Crippen molar-refractivity contribution in [1.29, 1.82) is 0 Å². The van der Waals surface area contributed by atoms with Crippen molar-refractivity contribution in [1.82, 2.24) is 10.3 Å². The van der Waals surface area contributed by atoms with Crippen LogP contribution >= 0.6 is 0 Å². The normalized spacial score (nSPS) is 18.5. The molecule has 0 radical (unpaired) electrons. The van der Waals surface area contributed by atoms with E-state index in [0.717, 1.165) is 23.7 Å². The largest absolute Gasteiger partial charge is 0.351 e.